The highest BCUT2D eigenvalue weighted by Gasteiger charge is 2.32. The van der Waals surface area contributed by atoms with E-state index in [4.69, 9.17) is 0 Å². The van der Waals surface area contributed by atoms with Gasteiger partial charge in [0.25, 0.3) is 0 Å². The summed E-state index contributed by atoms with van der Waals surface area (Å²) >= 11 is 0. The Balaban J connectivity index is 2.53. The lowest BCUT2D eigenvalue weighted by Crippen LogP contribution is -2.45. The van der Waals surface area contributed by atoms with Crippen LogP contribution in [0.3, 0.4) is 0 Å². The molecule has 0 radical (unpaired) electrons. The number of aliphatic hydroxyl groups excluding tert-OH is 1. The zero-order valence-electron chi connectivity index (χ0n) is 11.7. The van der Waals surface area contributed by atoms with E-state index in [1.165, 1.54) is 0 Å². The summed E-state index contributed by atoms with van der Waals surface area (Å²) in [5.41, 5.74) is 0.142. The number of rotatable bonds is 3. The van der Waals surface area contributed by atoms with Crippen LogP contribution in [0.1, 0.15) is 34.1 Å². The number of nitrogens with zero attached hydrogens (tertiary/aromatic N) is 1. The first-order valence-corrected chi connectivity index (χ1v) is 6.38. The maximum Gasteiger partial charge on any atom is 0.222 e. The molecule has 1 rings (SSSR count). The smallest absolute Gasteiger partial charge is 0.222 e. The van der Waals surface area contributed by atoms with Crippen LogP contribution in [-0.4, -0.2) is 48.2 Å². The van der Waals surface area contributed by atoms with E-state index >= 15 is 0 Å². The number of nitrogens with one attached hydrogen (secondary N) is 1. The van der Waals surface area contributed by atoms with Gasteiger partial charge in [0.1, 0.15) is 0 Å². The number of hydrogen-bond acceptors (Lipinski definition) is 3. The van der Waals surface area contributed by atoms with Crippen LogP contribution in [0, 0.1) is 11.3 Å². The molecule has 0 spiro atoms. The van der Waals surface area contributed by atoms with Gasteiger partial charge in [-0.2, -0.15) is 0 Å². The summed E-state index contributed by atoms with van der Waals surface area (Å²) in [7, 11) is 1.79. The van der Waals surface area contributed by atoms with Gasteiger partial charge in [0.2, 0.25) is 5.91 Å². The molecule has 1 aliphatic rings. The number of carbonyl (C=O) groups excluding carboxylic acids is 1. The molecule has 17 heavy (non-hydrogen) atoms. The number of carbonyl (C=O) groups is 1. The second kappa shape index (κ2) is 5.36. The number of likely N-dealkylation sites (N-methyl/N-ethyl adjacent to an activating group) is 1. The predicted octanol–water partition coefficient (Wildman–Crippen LogP) is 0.850. The van der Waals surface area contributed by atoms with Crippen LogP contribution in [0.5, 0.6) is 0 Å². The van der Waals surface area contributed by atoms with Crippen molar-refractivity contribution in [1.29, 1.82) is 0 Å². The molecule has 1 unspecified atom stereocenters. The fraction of sp³-hybridized carbons (Fsp3) is 0.923. The summed E-state index contributed by atoms with van der Waals surface area (Å²) in [5.74, 6) is 0.462. The maximum absolute atomic E-state index is 12.1. The minimum Gasteiger partial charge on any atom is -0.390 e. The normalized spacial score (nSPS) is 26.9. The molecule has 100 valence electrons. The van der Waals surface area contributed by atoms with Crippen LogP contribution in [0.25, 0.3) is 0 Å². The fourth-order valence-electron chi connectivity index (χ4n) is 1.94. The Morgan fingerprint density at radius 3 is 2.47 bits per heavy atom. The third-order valence-electron chi connectivity index (χ3n) is 4.00. The zero-order valence-corrected chi connectivity index (χ0v) is 11.7. The van der Waals surface area contributed by atoms with Crippen LogP contribution in [-0.2, 0) is 4.79 Å². The van der Waals surface area contributed by atoms with Gasteiger partial charge >= 0.3 is 0 Å². The molecule has 1 saturated heterocycles. The molecule has 0 aliphatic carbocycles. The summed E-state index contributed by atoms with van der Waals surface area (Å²) in [6.45, 7) is 9.82. The lowest BCUT2D eigenvalue weighted by molar-refractivity contribution is -0.135. The minimum absolute atomic E-state index is 0.0744. The predicted molar refractivity (Wildman–Crippen MR) is 68.7 cm³/mol. The van der Waals surface area contributed by atoms with Crippen molar-refractivity contribution in [3.05, 3.63) is 0 Å². The van der Waals surface area contributed by atoms with Crippen molar-refractivity contribution in [2.24, 2.45) is 11.3 Å². The van der Waals surface area contributed by atoms with Gasteiger partial charge < -0.3 is 15.3 Å². The van der Waals surface area contributed by atoms with Crippen LogP contribution in [0.4, 0.5) is 0 Å². The summed E-state index contributed by atoms with van der Waals surface area (Å²) in [6.07, 6.45) is 0.109. The number of β-amino-alcohol motifs (C(OH)–C–C–N with tert-alkyl or cyclic N) is 1. The van der Waals surface area contributed by atoms with E-state index in [1.54, 1.807) is 11.9 Å². The van der Waals surface area contributed by atoms with E-state index in [9.17, 15) is 9.90 Å². The quantitative estimate of drug-likeness (QED) is 0.771. The average molecular weight is 242 g/mol. The van der Waals surface area contributed by atoms with E-state index in [2.05, 4.69) is 33.0 Å². The molecule has 1 aliphatic heterocycles. The van der Waals surface area contributed by atoms with Crippen molar-refractivity contribution >= 4 is 5.91 Å². The lowest BCUT2D eigenvalue weighted by Gasteiger charge is -2.31. The van der Waals surface area contributed by atoms with Crippen LogP contribution in [0.15, 0.2) is 0 Å². The summed E-state index contributed by atoms with van der Waals surface area (Å²) in [5, 5.41) is 12.8. The van der Waals surface area contributed by atoms with E-state index in [-0.39, 0.29) is 17.4 Å². The van der Waals surface area contributed by atoms with Crippen LogP contribution < -0.4 is 5.32 Å². The van der Waals surface area contributed by atoms with Gasteiger partial charge in [0, 0.05) is 26.6 Å². The minimum atomic E-state index is -0.436. The molecule has 1 fully saturated rings. The highest BCUT2D eigenvalue weighted by atomic mass is 16.3. The molecule has 0 aromatic heterocycles. The number of amides is 1. The van der Waals surface area contributed by atoms with Gasteiger partial charge in [-0.25, -0.2) is 0 Å². The van der Waals surface area contributed by atoms with E-state index in [0.29, 0.717) is 25.4 Å². The lowest BCUT2D eigenvalue weighted by atomic mass is 9.80. The van der Waals surface area contributed by atoms with Crippen molar-refractivity contribution < 1.29 is 9.90 Å². The highest BCUT2D eigenvalue weighted by Crippen LogP contribution is 2.28. The molecular weight excluding hydrogens is 216 g/mol. The largest absolute Gasteiger partial charge is 0.390 e. The monoisotopic (exact) mass is 242 g/mol. The second-order valence-electron chi connectivity index (χ2n) is 6.27. The highest BCUT2D eigenvalue weighted by molar-refractivity contribution is 5.76. The van der Waals surface area contributed by atoms with Gasteiger partial charge in [-0.1, -0.05) is 27.7 Å². The second-order valence-corrected chi connectivity index (χ2v) is 6.27. The zero-order chi connectivity index (χ0) is 13.2. The first kappa shape index (κ1) is 14.5. The van der Waals surface area contributed by atoms with Crippen molar-refractivity contribution in [3.63, 3.8) is 0 Å². The molecule has 2 N–H and O–H groups in total. The Morgan fingerprint density at radius 2 is 2.06 bits per heavy atom. The Kier molecular flexibility index (Phi) is 4.55. The van der Waals surface area contributed by atoms with Crippen LogP contribution >= 0.6 is 0 Å². The molecule has 4 nitrogen and oxygen atoms in total. The number of aliphatic hydroxyl groups is 1. The third-order valence-corrected chi connectivity index (χ3v) is 4.00. The summed E-state index contributed by atoms with van der Waals surface area (Å²) in [6, 6.07) is -0.0744. The fourth-order valence-corrected chi connectivity index (χ4v) is 1.94. The number of hydrogen-bond donors (Lipinski definition) is 2. The van der Waals surface area contributed by atoms with Crippen molar-refractivity contribution in [2.75, 3.05) is 20.1 Å². The van der Waals surface area contributed by atoms with Crippen molar-refractivity contribution in [1.82, 2.24) is 10.2 Å². The molecule has 1 amide bonds. The van der Waals surface area contributed by atoms with Gasteiger partial charge in [-0.3, -0.25) is 4.79 Å². The first-order chi connectivity index (χ1) is 7.73. The molecule has 3 atom stereocenters. The summed E-state index contributed by atoms with van der Waals surface area (Å²) < 4.78 is 0. The molecule has 4 heteroatoms. The average Bonchev–Trinajstić information content (AvgIpc) is 2.61. The van der Waals surface area contributed by atoms with E-state index in [1.807, 2.05) is 0 Å². The Bertz CT molecular complexity index is 273. The standard InChI is InChI=1S/C13H26N2O2/c1-9(13(2,3)4)6-12(17)15(5)10-7-14-8-11(10)16/h9-11,14,16H,6-8H2,1-5H3/t9?,10-,11-/m0/s1. The van der Waals surface area contributed by atoms with Crippen molar-refractivity contribution in [2.45, 2.75) is 46.3 Å². The Morgan fingerprint density at radius 1 is 1.47 bits per heavy atom. The molecule has 0 saturated carbocycles. The maximum atomic E-state index is 12.1. The van der Waals surface area contributed by atoms with E-state index in [0.717, 1.165) is 0 Å². The van der Waals surface area contributed by atoms with Gasteiger partial charge in [-0.15, -0.1) is 0 Å². The van der Waals surface area contributed by atoms with E-state index < -0.39 is 6.10 Å². The first-order valence-electron chi connectivity index (χ1n) is 6.38. The molecule has 0 aromatic carbocycles. The molecule has 0 bridgehead atoms. The Hall–Kier alpha value is -0.610. The molecule has 0 aromatic rings. The topological polar surface area (TPSA) is 52.6 Å². The molecular formula is C13H26N2O2. The Labute approximate surface area is 104 Å². The van der Waals surface area contributed by atoms with Gasteiger partial charge in [0.15, 0.2) is 0 Å². The third kappa shape index (κ3) is 3.68. The van der Waals surface area contributed by atoms with Gasteiger partial charge in [-0.05, 0) is 11.3 Å². The van der Waals surface area contributed by atoms with Crippen molar-refractivity contribution in [3.8, 4) is 0 Å². The molecule has 1 heterocycles. The SMILES string of the molecule is CC(CC(=O)N(C)[C@H]1CNC[C@@H]1O)C(C)(C)C. The van der Waals surface area contributed by atoms with Gasteiger partial charge in [0.05, 0.1) is 12.1 Å². The summed E-state index contributed by atoms with van der Waals surface area (Å²) in [4.78, 5) is 13.8. The van der Waals surface area contributed by atoms with Crippen LogP contribution in [0.2, 0.25) is 0 Å².